The first-order chi connectivity index (χ1) is 7.39. The SMILES string of the molecule is Cc1ncc(S(=O)(=O)N(CC#N)C(C)C)s1. The van der Waals surface area contributed by atoms with Gasteiger partial charge in [-0.15, -0.1) is 11.3 Å². The van der Waals surface area contributed by atoms with Gasteiger partial charge in [0.2, 0.25) is 0 Å². The molecular weight excluding hydrogens is 246 g/mol. The maximum Gasteiger partial charge on any atom is 0.255 e. The minimum atomic E-state index is -3.57. The fraction of sp³-hybridized carbons (Fsp3) is 0.556. The van der Waals surface area contributed by atoms with Crippen molar-refractivity contribution in [3.63, 3.8) is 0 Å². The zero-order valence-corrected chi connectivity index (χ0v) is 11.0. The lowest BCUT2D eigenvalue weighted by molar-refractivity contribution is 0.386. The maximum absolute atomic E-state index is 12.1. The van der Waals surface area contributed by atoms with Crippen LogP contribution in [0.15, 0.2) is 10.4 Å². The van der Waals surface area contributed by atoms with Crippen molar-refractivity contribution in [1.29, 1.82) is 5.26 Å². The number of aromatic nitrogens is 1. The summed E-state index contributed by atoms with van der Waals surface area (Å²) >= 11 is 1.12. The van der Waals surface area contributed by atoms with Crippen LogP contribution < -0.4 is 0 Å². The number of nitriles is 1. The van der Waals surface area contributed by atoms with Gasteiger partial charge in [-0.2, -0.15) is 9.57 Å². The van der Waals surface area contributed by atoms with Crippen LogP contribution in [0.3, 0.4) is 0 Å². The Hall–Kier alpha value is -0.970. The highest BCUT2D eigenvalue weighted by Gasteiger charge is 2.28. The predicted molar refractivity (Wildman–Crippen MR) is 61.5 cm³/mol. The van der Waals surface area contributed by atoms with E-state index in [1.54, 1.807) is 20.8 Å². The van der Waals surface area contributed by atoms with Crippen molar-refractivity contribution < 1.29 is 8.42 Å². The topological polar surface area (TPSA) is 74.1 Å². The van der Waals surface area contributed by atoms with Crippen LogP contribution >= 0.6 is 11.3 Å². The fourth-order valence-electron chi connectivity index (χ4n) is 1.19. The number of hydrogen-bond acceptors (Lipinski definition) is 5. The number of nitrogens with zero attached hydrogens (tertiary/aromatic N) is 3. The molecule has 0 fully saturated rings. The third-order valence-electron chi connectivity index (χ3n) is 1.97. The molecule has 0 atom stereocenters. The molecule has 0 saturated carbocycles. The summed E-state index contributed by atoms with van der Waals surface area (Å²) in [5, 5.41) is 9.33. The Morgan fingerprint density at radius 2 is 2.25 bits per heavy atom. The molecule has 5 nitrogen and oxygen atoms in total. The molecular formula is C9H13N3O2S2. The van der Waals surface area contributed by atoms with E-state index in [9.17, 15) is 8.42 Å². The molecule has 1 aromatic rings. The molecule has 0 radical (unpaired) electrons. The van der Waals surface area contributed by atoms with E-state index in [1.165, 1.54) is 10.5 Å². The van der Waals surface area contributed by atoms with Gasteiger partial charge in [-0.25, -0.2) is 13.4 Å². The number of sulfonamides is 1. The predicted octanol–water partition coefficient (Wildman–Crippen LogP) is 1.37. The number of thiazole rings is 1. The maximum atomic E-state index is 12.1. The Morgan fingerprint density at radius 3 is 2.62 bits per heavy atom. The van der Waals surface area contributed by atoms with Gasteiger partial charge < -0.3 is 0 Å². The van der Waals surface area contributed by atoms with E-state index >= 15 is 0 Å². The first kappa shape index (κ1) is 13.1. The highest BCUT2D eigenvalue weighted by Crippen LogP contribution is 2.23. The third-order valence-corrected chi connectivity index (χ3v) is 5.34. The summed E-state index contributed by atoms with van der Waals surface area (Å²) in [4.78, 5) is 3.91. The summed E-state index contributed by atoms with van der Waals surface area (Å²) in [6.45, 7) is 5.08. The van der Waals surface area contributed by atoms with E-state index in [0.717, 1.165) is 11.3 Å². The van der Waals surface area contributed by atoms with Gasteiger partial charge in [0, 0.05) is 6.04 Å². The van der Waals surface area contributed by atoms with Gasteiger partial charge in [-0.1, -0.05) is 0 Å². The van der Waals surface area contributed by atoms with E-state index < -0.39 is 10.0 Å². The van der Waals surface area contributed by atoms with Crippen molar-refractivity contribution in [2.24, 2.45) is 0 Å². The van der Waals surface area contributed by atoms with Crippen molar-refractivity contribution in [3.8, 4) is 6.07 Å². The van der Waals surface area contributed by atoms with Crippen LogP contribution in [0, 0.1) is 18.3 Å². The van der Waals surface area contributed by atoms with Crippen LogP contribution in [0.4, 0.5) is 0 Å². The minimum Gasteiger partial charge on any atom is -0.249 e. The molecule has 0 saturated heterocycles. The monoisotopic (exact) mass is 259 g/mol. The van der Waals surface area contributed by atoms with Crippen LogP contribution in [0.5, 0.6) is 0 Å². The van der Waals surface area contributed by atoms with Gasteiger partial charge in [-0.05, 0) is 20.8 Å². The lowest BCUT2D eigenvalue weighted by Crippen LogP contribution is -2.36. The third kappa shape index (κ3) is 2.58. The standard InChI is InChI=1S/C9H13N3O2S2/c1-7(2)12(5-4-10)16(13,14)9-6-11-8(3)15-9/h6-7H,5H2,1-3H3. The van der Waals surface area contributed by atoms with Gasteiger partial charge >= 0.3 is 0 Å². The molecule has 0 bridgehead atoms. The molecule has 1 heterocycles. The van der Waals surface area contributed by atoms with E-state index in [2.05, 4.69) is 4.98 Å². The minimum absolute atomic E-state index is 0.142. The number of rotatable bonds is 4. The molecule has 7 heteroatoms. The van der Waals surface area contributed by atoms with E-state index in [4.69, 9.17) is 5.26 Å². The van der Waals surface area contributed by atoms with Crippen molar-refractivity contribution in [2.45, 2.75) is 31.0 Å². The molecule has 16 heavy (non-hydrogen) atoms. The van der Waals surface area contributed by atoms with Crippen LogP contribution in [0.25, 0.3) is 0 Å². The highest BCUT2D eigenvalue weighted by molar-refractivity contribution is 7.91. The average Bonchev–Trinajstić information content (AvgIpc) is 2.61. The van der Waals surface area contributed by atoms with Crippen LogP contribution in [0.1, 0.15) is 18.9 Å². The fourth-order valence-corrected chi connectivity index (χ4v) is 3.96. The quantitative estimate of drug-likeness (QED) is 0.765. The normalized spacial score (nSPS) is 12.0. The summed E-state index contributed by atoms with van der Waals surface area (Å²) in [6.07, 6.45) is 1.34. The summed E-state index contributed by atoms with van der Waals surface area (Å²) in [5.41, 5.74) is 0. The second-order valence-corrected chi connectivity index (χ2v) is 6.85. The molecule has 0 aliphatic heterocycles. The zero-order valence-electron chi connectivity index (χ0n) is 9.34. The van der Waals surface area contributed by atoms with Crippen LogP contribution in [-0.2, 0) is 10.0 Å². The number of aryl methyl sites for hydroxylation is 1. The molecule has 0 aliphatic carbocycles. The van der Waals surface area contributed by atoms with E-state index in [-0.39, 0.29) is 16.8 Å². The molecule has 88 valence electrons. The average molecular weight is 259 g/mol. The second kappa shape index (κ2) is 4.91. The van der Waals surface area contributed by atoms with Gasteiger partial charge in [0.1, 0.15) is 6.54 Å². The largest absolute Gasteiger partial charge is 0.255 e. The van der Waals surface area contributed by atoms with Gasteiger partial charge in [0.25, 0.3) is 10.0 Å². The van der Waals surface area contributed by atoms with E-state index in [1.807, 2.05) is 6.07 Å². The lowest BCUT2D eigenvalue weighted by Gasteiger charge is -2.21. The smallest absolute Gasteiger partial charge is 0.249 e. The molecule has 0 spiro atoms. The Morgan fingerprint density at radius 1 is 1.62 bits per heavy atom. The van der Waals surface area contributed by atoms with Gasteiger partial charge in [0.05, 0.1) is 17.3 Å². The zero-order chi connectivity index (χ0) is 12.3. The number of hydrogen-bond donors (Lipinski definition) is 0. The van der Waals surface area contributed by atoms with Gasteiger partial charge in [-0.3, -0.25) is 0 Å². The Labute approximate surface area is 99.4 Å². The molecule has 1 rings (SSSR count). The van der Waals surface area contributed by atoms with Crippen LogP contribution in [0.2, 0.25) is 0 Å². The molecule has 1 aromatic heterocycles. The molecule has 0 N–H and O–H groups in total. The highest BCUT2D eigenvalue weighted by atomic mass is 32.2. The summed E-state index contributed by atoms with van der Waals surface area (Å²) in [6, 6.07) is 1.62. The Kier molecular flexibility index (Phi) is 4.02. The molecule has 0 unspecified atom stereocenters. The summed E-state index contributed by atoms with van der Waals surface area (Å²) in [7, 11) is -3.57. The summed E-state index contributed by atoms with van der Waals surface area (Å²) in [5.74, 6) is 0. The first-order valence-electron chi connectivity index (χ1n) is 4.71. The Balaban J connectivity index is 3.14. The Bertz CT molecular complexity index is 499. The first-order valence-corrected chi connectivity index (χ1v) is 6.96. The molecule has 0 aromatic carbocycles. The van der Waals surface area contributed by atoms with Gasteiger partial charge in [0.15, 0.2) is 4.21 Å². The van der Waals surface area contributed by atoms with Crippen molar-refractivity contribution >= 4 is 21.4 Å². The second-order valence-electron chi connectivity index (χ2n) is 3.50. The lowest BCUT2D eigenvalue weighted by atomic mass is 10.4. The molecule has 0 aliphatic rings. The van der Waals surface area contributed by atoms with Crippen LogP contribution in [-0.4, -0.2) is 30.3 Å². The molecule has 0 amide bonds. The van der Waals surface area contributed by atoms with Crippen molar-refractivity contribution in [1.82, 2.24) is 9.29 Å². The van der Waals surface area contributed by atoms with Crippen molar-refractivity contribution in [3.05, 3.63) is 11.2 Å². The van der Waals surface area contributed by atoms with Crippen molar-refractivity contribution in [2.75, 3.05) is 6.54 Å². The summed E-state index contributed by atoms with van der Waals surface area (Å²) < 4.78 is 25.6. The van der Waals surface area contributed by atoms with E-state index in [0.29, 0.717) is 5.01 Å².